The lowest BCUT2D eigenvalue weighted by Gasteiger charge is -2.22. The number of nitrogens with zero attached hydrogens (tertiary/aromatic N) is 2. The molecule has 2 aliphatic heterocycles. The summed E-state index contributed by atoms with van der Waals surface area (Å²) in [6, 6.07) is 1.22. The molecule has 8 nitrogen and oxygen atoms in total. The van der Waals surface area contributed by atoms with Crippen LogP contribution in [-0.2, 0) is 4.74 Å². The van der Waals surface area contributed by atoms with Gasteiger partial charge in [0.15, 0.2) is 6.23 Å². The first-order valence-corrected chi connectivity index (χ1v) is 6.11. The first kappa shape index (κ1) is 12.5. The van der Waals surface area contributed by atoms with E-state index in [9.17, 15) is 14.7 Å². The highest BCUT2D eigenvalue weighted by Gasteiger charge is 2.62. The molecule has 5 atom stereocenters. The summed E-state index contributed by atoms with van der Waals surface area (Å²) < 4.78 is 6.94. The van der Waals surface area contributed by atoms with Crippen LogP contribution in [-0.4, -0.2) is 62.6 Å². The molecular formula is C11H15N3O5. The summed E-state index contributed by atoms with van der Waals surface area (Å²) in [5.74, 6) is 0. The van der Waals surface area contributed by atoms with E-state index in [1.807, 2.05) is 4.90 Å². The molecule has 2 aliphatic rings. The number of ether oxygens (including phenoxy) is 1. The van der Waals surface area contributed by atoms with Crippen LogP contribution >= 0.6 is 0 Å². The maximum absolute atomic E-state index is 11.7. The molecule has 1 aromatic heterocycles. The minimum atomic E-state index is -0.543. The van der Waals surface area contributed by atoms with Crippen molar-refractivity contribution in [1.29, 1.82) is 0 Å². The van der Waals surface area contributed by atoms with Crippen molar-refractivity contribution in [3.8, 4) is 0 Å². The van der Waals surface area contributed by atoms with E-state index < -0.39 is 17.5 Å². The number of aliphatic hydroxyl groups excluding tert-OH is 2. The van der Waals surface area contributed by atoms with Crippen molar-refractivity contribution in [2.75, 3.05) is 19.8 Å². The summed E-state index contributed by atoms with van der Waals surface area (Å²) in [6.07, 6.45) is 0.469. The second-order valence-electron chi connectivity index (χ2n) is 4.71. The van der Waals surface area contributed by atoms with E-state index in [0.717, 1.165) is 0 Å². The standard InChI is InChI=1S/C11H15N3O5/c15-4-3-13-8-6(5-16)19-10(9(8)13)14-2-1-7(17)12-11(14)18/h1-2,6,8-10,15-16H,3-5H2,(H,12,17,18)/t6-,8-,9-,10-,13?/m1/s1. The van der Waals surface area contributed by atoms with Crippen LogP contribution in [0, 0.1) is 0 Å². The van der Waals surface area contributed by atoms with E-state index in [4.69, 9.17) is 9.84 Å². The molecule has 0 amide bonds. The highest BCUT2D eigenvalue weighted by atomic mass is 16.5. The molecule has 3 rings (SSSR count). The predicted molar refractivity (Wildman–Crippen MR) is 63.7 cm³/mol. The van der Waals surface area contributed by atoms with Crippen molar-refractivity contribution in [2.24, 2.45) is 0 Å². The molecule has 0 bridgehead atoms. The minimum absolute atomic E-state index is 0.0123. The number of β-amino-alcohol motifs (C(OH)–C–C–N with tert-alkyl or cyclic N) is 1. The molecule has 2 saturated heterocycles. The molecule has 104 valence electrons. The monoisotopic (exact) mass is 269 g/mol. The van der Waals surface area contributed by atoms with Gasteiger partial charge in [-0.05, 0) is 0 Å². The number of rotatable bonds is 4. The smallest absolute Gasteiger partial charge is 0.330 e. The maximum atomic E-state index is 11.7. The van der Waals surface area contributed by atoms with E-state index in [0.29, 0.717) is 6.54 Å². The number of aromatic amines is 1. The molecule has 2 fully saturated rings. The number of nitrogens with one attached hydrogen (secondary N) is 1. The Hall–Kier alpha value is -1.48. The van der Waals surface area contributed by atoms with Crippen molar-refractivity contribution >= 4 is 0 Å². The molecular weight excluding hydrogens is 254 g/mol. The Labute approximate surface area is 107 Å². The molecule has 3 N–H and O–H groups in total. The number of fused-ring (bicyclic) bond motifs is 1. The quantitative estimate of drug-likeness (QED) is 0.520. The first-order chi connectivity index (χ1) is 9.17. The fourth-order valence-electron chi connectivity index (χ4n) is 2.85. The summed E-state index contributed by atoms with van der Waals surface area (Å²) in [5, 5.41) is 18.2. The number of aliphatic hydroxyl groups is 2. The number of morpholine rings is 1. The highest BCUT2D eigenvalue weighted by Crippen LogP contribution is 2.46. The van der Waals surface area contributed by atoms with Gasteiger partial charge in [-0.3, -0.25) is 19.2 Å². The lowest BCUT2D eigenvalue weighted by molar-refractivity contribution is -0.0653. The van der Waals surface area contributed by atoms with Crippen molar-refractivity contribution in [3.05, 3.63) is 33.1 Å². The van der Waals surface area contributed by atoms with Crippen LogP contribution < -0.4 is 11.2 Å². The Kier molecular flexibility index (Phi) is 3.02. The zero-order valence-electron chi connectivity index (χ0n) is 10.1. The number of hydrogen-bond donors (Lipinski definition) is 3. The van der Waals surface area contributed by atoms with Gasteiger partial charge in [0.05, 0.1) is 25.3 Å². The van der Waals surface area contributed by atoms with Gasteiger partial charge < -0.3 is 14.9 Å². The lowest BCUT2D eigenvalue weighted by atomic mass is 10.2. The van der Waals surface area contributed by atoms with E-state index in [1.165, 1.54) is 16.8 Å². The lowest BCUT2D eigenvalue weighted by Crippen LogP contribution is -2.36. The van der Waals surface area contributed by atoms with E-state index in [-0.39, 0.29) is 31.4 Å². The van der Waals surface area contributed by atoms with Crippen LogP contribution in [0.25, 0.3) is 0 Å². The van der Waals surface area contributed by atoms with Gasteiger partial charge in [-0.1, -0.05) is 0 Å². The van der Waals surface area contributed by atoms with Gasteiger partial charge in [0, 0.05) is 18.8 Å². The summed E-state index contributed by atoms with van der Waals surface area (Å²) in [4.78, 5) is 26.9. The number of hydrogen-bond acceptors (Lipinski definition) is 6. The Morgan fingerprint density at radius 2 is 2.11 bits per heavy atom. The van der Waals surface area contributed by atoms with Crippen molar-refractivity contribution in [1.82, 2.24) is 14.5 Å². The molecule has 0 radical (unpaired) electrons. The summed E-state index contributed by atoms with van der Waals surface area (Å²) in [5.41, 5.74) is -0.997. The van der Waals surface area contributed by atoms with Crippen LogP contribution in [0.5, 0.6) is 0 Å². The van der Waals surface area contributed by atoms with Gasteiger partial charge in [0.25, 0.3) is 5.56 Å². The summed E-state index contributed by atoms with van der Waals surface area (Å²) in [7, 11) is 0. The Balaban J connectivity index is 1.89. The van der Waals surface area contributed by atoms with Crippen LogP contribution in [0.15, 0.2) is 21.9 Å². The fraction of sp³-hybridized carbons (Fsp3) is 0.636. The van der Waals surface area contributed by atoms with Gasteiger partial charge in [-0.2, -0.15) is 0 Å². The normalized spacial score (nSPS) is 36.2. The van der Waals surface area contributed by atoms with Gasteiger partial charge >= 0.3 is 5.69 Å². The third-order valence-electron chi connectivity index (χ3n) is 3.68. The largest absolute Gasteiger partial charge is 0.395 e. The molecule has 1 unspecified atom stereocenters. The van der Waals surface area contributed by atoms with Crippen LogP contribution in [0.4, 0.5) is 0 Å². The third kappa shape index (κ3) is 1.93. The minimum Gasteiger partial charge on any atom is -0.395 e. The third-order valence-corrected chi connectivity index (χ3v) is 3.68. The van der Waals surface area contributed by atoms with Crippen LogP contribution in [0.3, 0.4) is 0 Å². The molecule has 8 heteroatoms. The molecule has 0 aromatic carbocycles. The van der Waals surface area contributed by atoms with E-state index in [2.05, 4.69) is 4.98 Å². The average molecular weight is 269 g/mol. The second-order valence-corrected chi connectivity index (χ2v) is 4.71. The van der Waals surface area contributed by atoms with Crippen molar-refractivity contribution < 1.29 is 14.9 Å². The topological polar surface area (TPSA) is 108 Å². The van der Waals surface area contributed by atoms with E-state index >= 15 is 0 Å². The molecule has 0 spiro atoms. The Morgan fingerprint density at radius 1 is 1.32 bits per heavy atom. The zero-order valence-corrected chi connectivity index (χ0v) is 10.1. The van der Waals surface area contributed by atoms with Gasteiger partial charge in [-0.15, -0.1) is 0 Å². The van der Waals surface area contributed by atoms with Gasteiger partial charge in [-0.25, -0.2) is 4.79 Å². The number of H-pyrrole nitrogens is 1. The highest BCUT2D eigenvalue weighted by molar-refractivity contribution is 5.14. The zero-order chi connectivity index (χ0) is 13.6. The average Bonchev–Trinajstić information content (AvgIpc) is 2.94. The van der Waals surface area contributed by atoms with E-state index in [1.54, 1.807) is 0 Å². The van der Waals surface area contributed by atoms with Gasteiger partial charge in [0.2, 0.25) is 0 Å². The molecule has 3 heterocycles. The summed E-state index contributed by atoms with van der Waals surface area (Å²) >= 11 is 0. The molecule has 19 heavy (non-hydrogen) atoms. The van der Waals surface area contributed by atoms with Gasteiger partial charge in [0.1, 0.15) is 6.10 Å². The Morgan fingerprint density at radius 3 is 2.74 bits per heavy atom. The second kappa shape index (κ2) is 4.57. The SMILES string of the molecule is O=c1ccn([C@@H]2O[C@H](CO)[C@@H]3[C@H]2N3CCO)c(=O)[nH]1. The summed E-state index contributed by atoms with van der Waals surface area (Å²) in [6.45, 7) is 0.347. The molecule has 0 saturated carbocycles. The predicted octanol–water partition coefficient (Wildman–Crippen LogP) is -2.53. The maximum Gasteiger partial charge on any atom is 0.330 e. The Bertz CT molecular complexity index is 582. The van der Waals surface area contributed by atoms with Crippen LogP contribution in [0.1, 0.15) is 6.23 Å². The van der Waals surface area contributed by atoms with Crippen molar-refractivity contribution in [2.45, 2.75) is 24.4 Å². The number of aromatic nitrogens is 2. The first-order valence-electron chi connectivity index (χ1n) is 6.11. The fourth-order valence-corrected chi connectivity index (χ4v) is 2.85. The molecule has 1 aromatic rings. The van der Waals surface area contributed by atoms with Crippen LogP contribution in [0.2, 0.25) is 0 Å². The molecule has 0 aliphatic carbocycles. The van der Waals surface area contributed by atoms with Crippen molar-refractivity contribution in [3.63, 3.8) is 0 Å².